The van der Waals surface area contributed by atoms with E-state index in [-0.39, 0.29) is 11.8 Å². The second-order valence-corrected chi connectivity index (χ2v) is 7.64. The van der Waals surface area contributed by atoms with Crippen molar-refractivity contribution in [2.75, 3.05) is 0 Å². The van der Waals surface area contributed by atoms with Crippen LogP contribution in [0, 0.1) is 12.8 Å². The zero-order chi connectivity index (χ0) is 18.3. The number of nitrogens with zero attached hydrogens (tertiary/aromatic N) is 2. The molecule has 0 saturated heterocycles. The topological polar surface area (TPSA) is 46.4 Å². The first-order valence-electron chi connectivity index (χ1n) is 9.33. The minimum Gasteiger partial charge on any atom is -0.350 e. The Morgan fingerprint density at radius 2 is 2.04 bits per heavy atom. The van der Waals surface area contributed by atoms with Crippen molar-refractivity contribution in [1.82, 2.24) is 14.7 Å². The summed E-state index contributed by atoms with van der Waals surface area (Å²) in [7, 11) is 0. The molecule has 2 aromatic heterocycles. The van der Waals surface area contributed by atoms with Crippen LogP contribution in [0.1, 0.15) is 54.5 Å². The van der Waals surface area contributed by atoms with Gasteiger partial charge in [-0.15, -0.1) is 0 Å². The third-order valence-corrected chi connectivity index (χ3v) is 5.33. The Morgan fingerprint density at radius 3 is 2.73 bits per heavy atom. The second kappa shape index (κ2) is 6.60. The van der Waals surface area contributed by atoms with E-state index in [4.69, 9.17) is 0 Å². The highest BCUT2D eigenvalue weighted by molar-refractivity contribution is 5.82. The summed E-state index contributed by atoms with van der Waals surface area (Å²) >= 11 is 0. The molecule has 1 fully saturated rings. The van der Waals surface area contributed by atoms with Crippen molar-refractivity contribution < 1.29 is 4.79 Å². The lowest BCUT2D eigenvalue weighted by Crippen LogP contribution is -2.25. The number of hydrogen-bond donors (Lipinski definition) is 1. The van der Waals surface area contributed by atoms with Crippen molar-refractivity contribution in [3.05, 3.63) is 71.2 Å². The van der Waals surface area contributed by atoms with Crippen LogP contribution in [0.15, 0.2) is 48.8 Å². The molecule has 1 aromatic carbocycles. The summed E-state index contributed by atoms with van der Waals surface area (Å²) < 4.78 is 2.01. The predicted molar refractivity (Wildman–Crippen MR) is 103 cm³/mol. The van der Waals surface area contributed by atoms with Gasteiger partial charge in [0.1, 0.15) is 5.65 Å². The number of carbonyl (C=O) groups is 1. The molecule has 1 saturated carbocycles. The van der Waals surface area contributed by atoms with Crippen molar-refractivity contribution in [1.29, 1.82) is 0 Å². The molecule has 1 aliphatic carbocycles. The van der Waals surface area contributed by atoms with E-state index in [9.17, 15) is 4.79 Å². The second-order valence-electron chi connectivity index (χ2n) is 7.64. The monoisotopic (exact) mass is 347 g/mol. The number of imidazole rings is 1. The van der Waals surface area contributed by atoms with E-state index in [1.54, 1.807) is 0 Å². The average molecular weight is 347 g/mol. The first-order chi connectivity index (χ1) is 12.5. The van der Waals surface area contributed by atoms with Crippen molar-refractivity contribution in [2.24, 2.45) is 5.92 Å². The van der Waals surface area contributed by atoms with E-state index < -0.39 is 0 Å². The normalized spacial score (nSPS) is 19.1. The van der Waals surface area contributed by atoms with Crippen LogP contribution in [0.3, 0.4) is 0 Å². The van der Waals surface area contributed by atoms with Crippen LogP contribution in [0.4, 0.5) is 0 Å². The summed E-state index contributed by atoms with van der Waals surface area (Å²) in [5.41, 5.74) is 5.60. The number of nitrogens with one attached hydrogen (secondary N) is 1. The number of aromatic nitrogens is 2. The van der Waals surface area contributed by atoms with E-state index in [2.05, 4.69) is 48.4 Å². The fourth-order valence-corrected chi connectivity index (χ4v) is 3.58. The van der Waals surface area contributed by atoms with Crippen molar-refractivity contribution in [2.45, 2.75) is 45.6 Å². The minimum absolute atomic E-state index is 0.0960. The van der Waals surface area contributed by atoms with E-state index in [1.165, 1.54) is 11.1 Å². The largest absolute Gasteiger partial charge is 0.350 e. The Morgan fingerprint density at radius 1 is 1.27 bits per heavy atom. The van der Waals surface area contributed by atoms with Gasteiger partial charge in [0.15, 0.2) is 0 Å². The molecule has 4 rings (SSSR count). The Bertz CT molecular complexity index is 940. The number of aryl methyl sites for hydroxylation is 1. The summed E-state index contributed by atoms with van der Waals surface area (Å²) in [6, 6.07) is 12.8. The molecular weight excluding hydrogens is 322 g/mol. The van der Waals surface area contributed by atoms with Crippen LogP contribution in [0.2, 0.25) is 0 Å². The summed E-state index contributed by atoms with van der Waals surface area (Å²) in [6.45, 7) is 6.92. The van der Waals surface area contributed by atoms with Gasteiger partial charge in [-0.1, -0.05) is 44.2 Å². The molecule has 0 bridgehead atoms. The van der Waals surface area contributed by atoms with Gasteiger partial charge in [-0.2, -0.15) is 0 Å². The average Bonchev–Trinajstić information content (AvgIpc) is 3.32. The maximum Gasteiger partial charge on any atom is 0.224 e. The maximum atomic E-state index is 12.5. The molecule has 4 heteroatoms. The molecule has 1 aliphatic rings. The third kappa shape index (κ3) is 3.24. The van der Waals surface area contributed by atoms with Crippen LogP contribution in [-0.4, -0.2) is 15.3 Å². The fraction of sp³-hybridized carbons (Fsp3) is 0.364. The van der Waals surface area contributed by atoms with Gasteiger partial charge in [-0.05, 0) is 47.9 Å². The lowest BCUT2D eigenvalue weighted by atomic mass is 10.00. The first kappa shape index (κ1) is 16.8. The maximum absolute atomic E-state index is 12.5. The van der Waals surface area contributed by atoms with Gasteiger partial charge >= 0.3 is 0 Å². The van der Waals surface area contributed by atoms with Gasteiger partial charge in [0, 0.05) is 18.3 Å². The lowest BCUT2D eigenvalue weighted by Gasteiger charge is -2.07. The molecular formula is C22H25N3O. The standard InChI is InChI=1S/C22H25N3O/c1-14(2)16-6-8-17(9-7-16)19-11-20(19)22(26)23-12-18-13-25-10-4-5-15(3)21(25)24-18/h4-10,13-14,19-20H,11-12H2,1-3H3,(H,23,26)/t19-,20-/m1/s1. The molecule has 0 radical (unpaired) electrons. The lowest BCUT2D eigenvalue weighted by molar-refractivity contribution is -0.122. The fourth-order valence-electron chi connectivity index (χ4n) is 3.58. The molecule has 4 nitrogen and oxygen atoms in total. The van der Waals surface area contributed by atoms with Crippen LogP contribution in [0.5, 0.6) is 0 Å². The molecule has 2 heterocycles. The van der Waals surface area contributed by atoms with E-state index in [0.717, 1.165) is 23.3 Å². The molecule has 1 N–H and O–H groups in total. The number of hydrogen-bond acceptors (Lipinski definition) is 2. The summed E-state index contributed by atoms with van der Waals surface area (Å²) in [5, 5.41) is 3.06. The predicted octanol–water partition coefficient (Wildman–Crippen LogP) is 4.19. The number of fused-ring (bicyclic) bond motifs is 1. The number of rotatable bonds is 5. The highest BCUT2D eigenvalue weighted by atomic mass is 16.2. The van der Waals surface area contributed by atoms with Gasteiger partial charge in [0.05, 0.1) is 12.2 Å². The van der Waals surface area contributed by atoms with Gasteiger partial charge in [0.2, 0.25) is 5.91 Å². The number of benzene rings is 1. The van der Waals surface area contributed by atoms with E-state index in [1.807, 2.05) is 35.9 Å². The Balaban J connectivity index is 1.36. The molecule has 0 aliphatic heterocycles. The van der Waals surface area contributed by atoms with Crippen LogP contribution in [-0.2, 0) is 11.3 Å². The smallest absolute Gasteiger partial charge is 0.224 e. The zero-order valence-electron chi connectivity index (χ0n) is 15.6. The summed E-state index contributed by atoms with van der Waals surface area (Å²) in [4.78, 5) is 17.1. The van der Waals surface area contributed by atoms with E-state index >= 15 is 0 Å². The van der Waals surface area contributed by atoms with Crippen LogP contribution < -0.4 is 5.32 Å². The number of amides is 1. The zero-order valence-corrected chi connectivity index (χ0v) is 15.6. The molecule has 1 amide bonds. The quantitative estimate of drug-likeness (QED) is 0.752. The Kier molecular flexibility index (Phi) is 4.27. The first-order valence-corrected chi connectivity index (χ1v) is 9.33. The van der Waals surface area contributed by atoms with Crippen LogP contribution >= 0.6 is 0 Å². The minimum atomic E-state index is 0.0960. The van der Waals surface area contributed by atoms with Crippen molar-refractivity contribution >= 4 is 11.6 Å². The molecule has 0 spiro atoms. The highest BCUT2D eigenvalue weighted by Gasteiger charge is 2.43. The number of carbonyl (C=O) groups excluding carboxylic acids is 1. The Labute approximate surface area is 154 Å². The third-order valence-electron chi connectivity index (χ3n) is 5.33. The van der Waals surface area contributed by atoms with Gasteiger partial charge in [-0.25, -0.2) is 4.98 Å². The Hall–Kier alpha value is -2.62. The van der Waals surface area contributed by atoms with Gasteiger partial charge in [0.25, 0.3) is 0 Å². The van der Waals surface area contributed by atoms with Gasteiger partial charge < -0.3 is 9.72 Å². The molecule has 3 aromatic rings. The number of pyridine rings is 1. The molecule has 26 heavy (non-hydrogen) atoms. The van der Waals surface area contributed by atoms with Crippen molar-refractivity contribution in [3.8, 4) is 0 Å². The van der Waals surface area contributed by atoms with E-state index in [0.29, 0.717) is 18.4 Å². The summed E-state index contributed by atoms with van der Waals surface area (Å²) in [5.74, 6) is 1.13. The van der Waals surface area contributed by atoms with Crippen LogP contribution in [0.25, 0.3) is 5.65 Å². The molecule has 2 atom stereocenters. The SMILES string of the molecule is Cc1cccn2cc(CNC(=O)[C@@H]3C[C@@H]3c3ccc(C(C)C)cc3)nc12. The van der Waals surface area contributed by atoms with Gasteiger partial charge in [-0.3, -0.25) is 4.79 Å². The summed E-state index contributed by atoms with van der Waals surface area (Å²) in [6.07, 6.45) is 4.91. The highest BCUT2D eigenvalue weighted by Crippen LogP contribution is 2.47. The van der Waals surface area contributed by atoms with Crippen molar-refractivity contribution in [3.63, 3.8) is 0 Å². The molecule has 134 valence electrons. The molecule has 0 unspecified atom stereocenters.